The van der Waals surface area contributed by atoms with Gasteiger partial charge in [0.15, 0.2) is 17.4 Å². The van der Waals surface area contributed by atoms with Crippen LogP contribution in [-0.4, -0.2) is 41.3 Å². The molecular formula is C16H22BrF2NO2. The molecule has 0 aliphatic carbocycles. The summed E-state index contributed by atoms with van der Waals surface area (Å²) >= 11 is 3.01. The molecule has 1 N–H and O–H groups in total. The Hall–Kier alpha value is -0.720. The molecule has 0 amide bonds. The molecule has 0 unspecified atom stereocenters. The SMILES string of the molecule is C[C@@H]1CCC[C@H](C)N1C[C@H](O)COc1c(F)cc(Br)cc1F. The molecule has 0 bridgehead atoms. The van der Waals surface area contributed by atoms with Crippen molar-refractivity contribution in [3.8, 4) is 5.75 Å². The van der Waals surface area contributed by atoms with Crippen molar-refractivity contribution < 1.29 is 18.6 Å². The maximum atomic E-state index is 13.7. The van der Waals surface area contributed by atoms with Crippen molar-refractivity contribution in [3.63, 3.8) is 0 Å². The van der Waals surface area contributed by atoms with Crippen LogP contribution in [0.3, 0.4) is 0 Å². The molecule has 0 radical (unpaired) electrons. The second kappa shape index (κ2) is 7.70. The van der Waals surface area contributed by atoms with Gasteiger partial charge < -0.3 is 9.84 Å². The van der Waals surface area contributed by atoms with Crippen LogP contribution in [0.2, 0.25) is 0 Å². The highest BCUT2D eigenvalue weighted by atomic mass is 79.9. The van der Waals surface area contributed by atoms with Crippen molar-refractivity contribution in [2.24, 2.45) is 0 Å². The van der Waals surface area contributed by atoms with Crippen LogP contribution in [0.5, 0.6) is 5.75 Å². The molecular weight excluding hydrogens is 356 g/mol. The second-order valence-corrected chi connectivity index (χ2v) is 6.90. The van der Waals surface area contributed by atoms with Gasteiger partial charge in [-0.25, -0.2) is 8.78 Å². The zero-order chi connectivity index (χ0) is 16.3. The van der Waals surface area contributed by atoms with Crippen LogP contribution in [0, 0.1) is 11.6 Å². The molecule has 1 saturated heterocycles. The standard InChI is InChI=1S/C16H22BrF2NO2/c1-10-4-3-5-11(2)20(10)8-13(21)9-22-16-14(18)6-12(17)7-15(16)19/h6-7,10-11,13,21H,3-5,8-9H2,1-2H3/t10-,11+,13-/m0/s1. The van der Waals surface area contributed by atoms with Crippen molar-refractivity contribution in [2.75, 3.05) is 13.2 Å². The molecule has 124 valence electrons. The number of ether oxygens (including phenoxy) is 1. The lowest BCUT2D eigenvalue weighted by Crippen LogP contribution is -2.48. The molecule has 3 nitrogen and oxygen atoms in total. The van der Waals surface area contributed by atoms with E-state index in [0.29, 0.717) is 23.1 Å². The largest absolute Gasteiger partial charge is 0.485 e. The summed E-state index contributed by atoms with van der Waals surface area (Å²) in [5.74, 6) is -2.00. The zero-order valence-electron chi connectivity index (χ0n) is 12.9. The molecule has 0 saturated carbocycles. The smallest absolute Gasteiger partial charge is 0.190 e. The number of benzene rings is 1. The summed E-state index contributed by atoms with van der Waals surface area (Å²) in [6, 6.07) is 3.08. The Bertz CT molecular complexity index is 482. The molecule has 1 fully saturated rings. The minimum atomic E-state index is -0.787. The van der Waals surface area contributed by atoms with E-state index >= 15 is 0 Å². The zero-order valence-corrected chi connectivity index (χ0v) is 14.4. The highest BCUT2D eigenvalue weighted by Crippen LogP contribution is 2.26. The fourth-order valence-corrected chi connectivity index (χ4v) is 3.38. The van der Waals surface area contributed by atoms with Gasteiger partial charge >= 0.3 is 0 Å². The van der Waals surface area contributed by atoms with E-state index in [1.165, 1.54) is 6.42 Å². The molecule has 2 rings (SSSR count). The molecule has 22 heavy (non-hydrogen) atoms. The summed E-state index contributed by atoms with van der Waals surface area (Å²) in [6.07, 6.45) is 2.62. The number of nitrogens with zero attached hydrogens (tertiary/aromatic N) is 1. The molecule has 1 aromatic rings. The summed E-state index contributed by atoms with van der Waals surface area (Å²) < 4.78 is 32.8. The summed E-state index contributed by atoms with van der Waals surface area (Å²) in [5.41, 5.74) is 0. The topological polar surface area (TPSA) is 32.7 Å². The maximum absolute atomic E-state index is 13.7. The van der Waals surface area contributed by atoms with Gasteiger partial charge in [0, 0.05) is 23.1 Å². The van der Waals surface area contributed by atoms with Crippen LogP contribution in [0.25, 0.3) is 0 Å². The van der Waals surface area contributed by atoms with Crippen molar-refractivity contribution in [3.05, 3.63) is 28.2 Å². The number of piperidine rings is 1. The summed E-state index contributed by atoms with van der Waals surface area (Å²) in [5, 5.41) is 10.1. The Balaban J connectivity index is 1.91. The van der Waals surface area contributed by atoms with Gasteiger partial charge in [0.1, 0.15) is 12.7 Å². The van der Waals surface area contributed by atoms with Gasteiger partial charge in [-0.2, -0.15) is 0 Å². The number of hydrogen-bond acceptors (Lipinski definition) is 3. The predicted octanol–water partition coefficient (Wildman–Crippen LogP) is 3.73. The van der Waals surface area contributed by atoms with Crippen LogP contribution in [0.1, 0.15) is 33.1 Å². The number of β-amino-alcohol motifs (C(OH)–C–C–N with tert-alkyl or cyclic N) is 1. The third-order valence-electron chi connectivity index (χ3n) is 4.18. The molecule has 0 spiro atoms. The summed E-state index contributed by atoms with van der Waals surface area (Å²) in [4.78, 5) is 2.23. The van der Waals surface area contributed by atoms with E-state index in [0.717, 1.165) is 25.0 Å². The molecule has 6 heteroatoms. The van der Waals surface area contributed by atoms with Crippen LogP contribution >= 0.6 is 15.9 Å². The number of halogens is 3. The molecule has 1 aliphatic heterocycles. The Kier molecular flexibility index (Phi) is 6.17. The number of rotatable bonds is 5. The van der Waals surface area contributed by atoms with E-state index in [1.807, 2.05) is 0 Å². The predicted molar refractivity (Wildman–Crippen MR) is 85.0 cm³/mol. The van der Waals surface area contributed by atoms with E-state index in [1.54, 1.807) is 0 Å². The number of aliphatic hydroxyl groups is 1. The number of hydrogen-bond donors (Lipinski definition) is 1. The first-order chi connectivity index (χ1) is 10.4. The van der Waals surface area contributed by atoms with Gasteiger partial charge in [-0.05, 0) is 38.8 Å². The quantitative estimate of drug-likeness (QED) is 0.848. The molecule has 1 aliphatic rings. The first-order valence-electron chi connectivity index (χ1n) is 7.59. The third kappa shape index (κ3) is 4.40. The molecule has 3 atom stereocenters. The fraction of sp³-hybridized carbons (Fsp3) is 0.625. The average molecular weight is 378 g/mol. The van der Waals surface area contributed by atoms with E-state index in [4.69, 9.17) is 4.74 Å². The van der Waals surface area contributed by atoms with E-state index in [2.05, 4.69) is 34.7 Å². The Morgan fingerprint density at radius 2 is 1.82 bits per heavy atom. The van der Waals surface area contributed by atoms with Crippen LogP contribution in [0.4, 0.5) is 8.78 Å². The highest BCUT2D eigenvalue weighted by molar-refractivity contribution is 9.10. The number of likely N-dealkylation sites (tertiary alicyclic amines) is 1. The highest BCUT2D eigenvalue weighted by Gasteiger charge is 2.26. The van der Waals surface area contributed by atoms with Gasteiger partial charge in [0.2, 0.25) is 0 Å². The fourth-order valence-electron chi connectivity index (χ4n) is 2.98. The van der Waals surface area contributed by atoms with Crippen molar-refractivity contribution in [1.29, 1.82) is 0 Å². The van der Waals surface area contributed by atoms with E-state index < -0.39 is 23.5 Å². The minimum absolute atomic E-state index is 0.134. The van der Waals surface area contributed by atoms with Crippen molar-refractivity contribution >= 4 is 15.9 Å². The second-order valence-electron chi connectivity index (χ2n) is 5.99. The van der Waals surface area contributed by atoms with Gasteiger partial charge in [-0.3, -0.25) is 4.90 Å². The Morgan fingerprint density at radius 1 is 1.27 bits per heavy atom. The van der Waals surface area contributed by atoms with E-state index in [-0.39, 0.29) is 6.61 Å². The average Bonchev–Trinajstić information content (AvgIpc) is 2.42. The Morgan fingerprint density at radius 3 is 2.36 bits per heavy atom. The van der Waals surface area contributed by atoms with Gasteiger partial charge in [-0.15, -0.1) is 0 Å². The molecule has 1 heterocycles. The van der Waals surface area contributed by atoms with Crippen molar-refractivity contribution in [2.45, 2.75) is 51.3 Å². The van der Waals surface area contributed by atoms with E-state index in [9.17, 15) is 13.9 Å². The summed E-state index contributed by atoms with van der Waals surface area (Å²) in [7, 11) is 0. The lowest BCUT2D eigenvalue weighted by Gasteiger charge is -2.40. The van der Waals surface area contributed by atoms with Gasteiger partial charge in [0.25, 0.3) is 0 Å². The first kappa shape index (κ1) is 17.6. The Labute approximate surface area is 138 Å². The summed E-state index contributed by atoms with van der Waals surface area (Å²) in [6.45, 7) is 4.59. The molecule has 1 aromatic carbocycles. The monoisotopic (exact) mass is 377 g/mol. The van der Waals surface area contributed by atoms with Crippen LogP contribution < -0.4 is 4.74 Å². The van der Waals surface area contributed by atoms with Crippen LogP contribution in [-0.2, 0) is 0 Å². The lowest BCUT2D eigenvalue weighted by atomic mass is 9.97. The van der Waals surface area contributed by atoms with Crippen LogP contribution in [0.15, 0.2) is 16.6 Å². The normalized spacial score (nSPS) is 24.3. The lowest BCUT2D eigenvalue weighted by molar-refractivity contribution is 0.0195. The first-order valence-corrected chi connectivity index (χ1v) is 8.39. The third-order valence-corrected chi connectivity index (χ3v) is 4.64. The maximum Gasteiger partial charge on any atom is 0.190 e. The van der Waals surface area contributed by atoms with Crippen molar-refractivity contribution in [1.82, 2.24) is 4.90 Å². The number of aliphatic hydroxyl groups excluding tert-OH is 1. The molecule has 0 aromatic heterocycles. The van der Waals surface area contributed by atoms with Gasteiger partial charge in [-0.1, -0.05) is 22.4 Å². The van der Waals surface area contributed by atoms with Gasteiger partial charge in [0.05, 0.1) is 0 Å². The minimum Gasteiger partial charge on any atom is -0.485 e.